The van der Waals surface area contributed by atoms with Gasteiger partial charge in [-0.25, -0.2) is 0 Å². The molecule has 1 aliphatic heterocycles. The van der Waals surface area contributed by atoms with E-state index in [1.807, 2.05) is 0 Å². The van der Waals surface area contributed by atoms with Crippen LogP contribution in [0.25, 0.3) is 0 Å². The molecule has 0 saturated heterocycles. The number of esters is 1. The van der Waals surface area contributed by atoms with E-state index in [4.69, 9.17) is 0 Å². The van der Waals surface area contributed by atoms with E-state index in [1.54, 1.807) is 0 Å². The average molecular weight is 339 g/mol. The summed E-state index contributed by atoms with van der Waals surface area (Å²) in [6, 6.07) is 1.00. The summed E-state index contributed by atoms with van der Waals surface area (Å²) < 4.78 is 5.35. The van der Waals surface area contributed by atoms with Crippen LogP contribution in [0, 0.1) is 0 Å². The van der Waals surface area contributed by atoms with Crippen LogP contribution in [0.15, 0.2) is 10.5 Å². The van der Waals surface area contributed by atoms with Gasteiger partial charge in [0.1, 0.15) is 6.04 Å². The maximum Gasteiger partial charge on any atom is 0.323 e. The third-order valence-electron chi connectivity index (χ3n) is 2.86. The van der Waals surface area contributed by atoms with Gasteiger partial charge in [0.2, 0.25) is 0 Å². The number of halogens is 2. The van der Waals surface area contributed by atoms with Crippen molar-refractivity contribution < 1.29 is 19.7 Å². The van der Waals surface area contributed by atoms with Gasteiger partial charge in [0, 0.05) is 23.0 Å². The molecule has 1 heterocycles. The van der Waals surface area contributed by atoms with E-state index < -0.39 is 6.04 Å². The average Bonchev–Trinajstić information content (AvgIpc) is 2.34. The molecule has 1 aliphatic rings. The van der Waals surface area contributed by atoms with Crippen molar-refractivity contribution in [2.24, 2.45) is 0 Å². The highest BCUT2D eigenvalue weighted by Gasteiger charge is 2.28. The van der Waals surface area contributed by atoms with E-state index in [1.165, 1.54) is 13.2 Å². The maximum absolute atomic E-state index is 11.4. The van der Waals surface area contributed by atoms with Crippen LogP contribution in [0.4, 0.5) is 0 Å². The fourth-order valence-corrected chi connectivity index (χ4v) is 2.56. The first-order valence-corrected chi connectivity index (χ1v) is 5.87. The minimum Gasteiger partial charge on any atom is -0.504 e. The molecule has 2 rings (SSSR count). The molecule has 0 spiro atoms. The smallest absolute Gasteiger partial charge is 0.323 e. The van der Waals surface area contributed by atoms with Crippen molar-refractivity contribution in [3.05, 3.63) is 21.7 Å². The van der Waals surface area contributed by atoms with Crippen LogP contribution < -0.4 is 5.32 Å². The fourth-order valence-electron chi connectivity index (χ4n) is 1.94. The Balaban J connectivity index is 0.00000162. The van der Waals surface area contributed by atoms with Crippen LogP contribution in [0.5, 0.6) is 11.5 Å². The quantitative estimate of drug-likeness (QED) is 0.534. The van der Waals surface area contributed by atoms with Gasteiger partial charge in [-0.1, -0.05) is 15.9 Å². The molecule has 0 saturated carbocycles. The number of phenolic OH excluding ortho intramolecular Hbond substituents is 2. The second-order valence-corrected chi connectivity index (χ2v) is 4.70. The lowest BCUT2D eigenvalue weighted by atomic mass is 9.94. The molecule has 18 heavy (non-hydrogen) atoms. The molecule has 0 bridgehead atoms. The number of rotatable bonds is 1. The monoisotopic (exact) mass is 337 g/mol. The Morgan fingerprint density at radius 2 is 2.17 bits per heavy atom. The number of phenols is 2. The number of carbonyl (C=O) groups is 1. The molecule has 0 aliphatic carbocycles. The Kier molecular flexibility index (Phi) is 4.84. The second kappa shape index (κ2) is 5.77. The van der Waals surface area contributed by atoms with Crippen molar-refractivity contribution in [1.82, 2.24) is 5.32 Å². The lowest BCUT2D eigenvalue weighted by Gasteiger charge is -2.26. The first-order valence-electron chi connectivity index (χ1n) is 5.08. The van der Waals surface area contributed by atoms with Gasteiger partial charge in [-0.05, 0) is 11.6 Å². The number of nitrogens with one attached hydrogen (secondary N) is 1. The highest BCUT2D eigenvalue weighted by molar-refractivity contribution is 9.10. The lowest BCUT2D eigenvalue weighted by molar-refractivity contribution is -0.143. The van der Waals surface area contributed by atoms with Crippen molar-refractivity contribution >= 4 is 34.3 Å². The zero-order valence-corrected chi connectivity index (χ0v) is 12.0. The molecule has 0 radical (unpaired) electrons. The van der Waals surface area contributed by atoms with Crippen molar-refractivity contribution in [3.63, 3.8) is 0 Å². The van der Waals surface area contributed by atoms with Gasteiger partial charge < -0.3 is 14.9 Å². The van der Waals surface area contributed by atoms with Crippen molar-refractivity contribution in [1.29, 1.82) is 0 Å². The van der Waals surface area contributed by atoms with Gasteiger partial charge in [-0.2, -0.15) is 0 Å². The van der Waals surface area contributed by atoms with Gasteiger partial charge in [-0.15, -0.1) is 12.4 Å². The van der Waals surface area contributed by atoms with Crippen LogP contribution in [-0.4, -0.2) is 29.3 Å². The zero-order chi connectivity index (χ0) is 12.6. The summed E-state index contributed by atoms with van der Waals surface area (Å²) >= 11 is 3.31. The molecule has 1 unspecified atom stereocenters. The predicted molar refractivity (Wildman–Crippen MR) is 71.1 cm³/mol. The van der Waals surface area contributed by atoms with Gasteiger partial charge in [0.15, 0.2) is 11.5 Å². The molecule has 5 nitrogen and oxygen atoms in total. The summed E-state index contributed by atoms with van der Waals surface area (Å²) in [6.45, 7) is 0.313. The van der Waals surface area contributed by atoms with Crippen LogP contribution in [0.2, 0.25) is 0 Å². The summed E-state index contributed by atoms with van der Waals surface area (Å²) in [5.74, 6) is -0.650. The lowest BCUT2D eigenvalue weighted by Crippen LogP contribution is -2.42. The van der Waals surface area contributed by atoms with E-state index >= 15 is 0 Å². The molecule has 1 atom stereocenters. The third kappa shape index (κ3) is 2.55. The molecule has 100 valence electrons. The molecule has 1 aromatic rings. The molecule has 3 N–H and O–H groups in total. The Labute approximate surface area is 119 Å². The number of fused-ring (bicyclic) bond motifs is 1. The number of carbonyl (C=O) groups excluding carboxylic acids is 1. The molecular formula is C11H13BrClNO4. The third-order valence-corrected chi connectivity index (χ3v) is 3.57. The van der Waals surface area contributed by atoms with E-state index in [2.05, 4.69) is 26.0 Å². The number of ether oxygens (including phenoxy) is 1. The Bertz CT molecular complexity index is 481. The fraction of sp³-hybridized carbons (Fsp3) is 0.364. The molecule has 1 aromatic carbocycles. The Morgan fingerprint density at radius 3 is 2.78 bits per heavy atom. The van der Waals surface area contributed by atoms with Gasteiger partial charge in [-0.3, -0.25) is 10.1 Å². The van der Waals surface area contributed by atoms with E-state index in [9.17, 15) is 15.0 Å². The number of methoxy groups -OCH3 is 1. The number of benzene rings is 1. The Hall–Kier alpha value is -0.980. The second-order valence-electron chi connectivity index (χ2n) is 3.84. The van der Waals surface area contributed by atoms with Gasteiger partial charge in [0.05, 0.1) is 7.11 Å². The van der Waals surface area contributed by atoms with Crippen LogP contribution >= 0.6 is 28.3 Å². The van der Waals surface area contributed by atoms with Crippen LogP contribution in [-0.2, 0) is 22.5 Å². The van der Waals surface area contributed by atoms with E-state index in [-0.39, 0.29) is 29.9 Å². The largest absolute Gasteiger partial charge is 0.504 e. The van der Waals surface area contributed by atoms with Crippen LogP contribution in [0.3, 0.4) is 0 Å². The molecule has 0 amide bonds. The zero-order valence-electron chi connectivity index (χ0n) is 9.57. The molecule has 0 fully saturated rings. The summed E-state index contributed by atoms with van der Waals surface area (Å²) in [7, 11) is 1.34. The standard InChI is InChI=1S/C11H12BrNO4.ClH/c1-17-11(16)8-2-5-6(4-13-8)10(15)9(14)3-7(5)12;/h3,8,13-15H,2,4H2,1H3;1H. The van der Waals surface area contributed by atoms with Crippen LogP contribution in [0.1, 0.15) is 11.1 Å². The first-order chi connectivity index (χ1) is 8.04. The molecule has 0 aromatic heterocycles. The first kappa shape index (κ1) is 15.1. The van der Waals surface area contributed by atoms with E-state index in [0.29, 0.717) is 23.0 Å². The predicted octanol–water partition coefficient (Wildman–Crippen LogP) is 1.47. The number of hydrogen-bond donors (Lipinski definition) is 3. The SMILES string of the molecule is COC(=O)C1Cc2c(Br)cc(O)c(O)c2CN1.Cl. The molecular weight excluding hydrogens is 325 g/mol. The highest BCUT2D eigenvalue weighted by Crippen LogP contribution is 2.38. The van der Waals surface area contributed by atoms with Gasteiger partial charge in [0.25, 0.3) is 0 Å². The van der Waals surface area contributed by atoms with Crippen molar-refractivity contribution in [3.8, 4) is 11.5 Å². The minimum absolute atomic E-state index is 0. The summed E-state index contributed by atoms with van der Waals surface area (Å²) in [5, 5.41) is 22.2. The van der Waals surface area contributed by atoms with Gasteiger partial charge >= 0.3 is 5.97 Å². The summed E-state index contributed by atoms with van der Waals surface area (Å²) in [4.78, 5) is 11.4. The number of hydrogen-bond acceptors (Lipinski definition) is 5. The summed E-state index contributed by atoms with van der Waals surface area (Å²) in [5.41, 5.74) is 1.42. The normalized spacial score (nSPS) is 17.6. The van der Waals surface area contributed by atoms with Crippen molar-refractivity contribution in [2.75, 3.05) is 7.11 Å². The highest BCUT2D eigenvalue weighted by atomic mass is 79.9. The van der Waals surface area contributed by atoms with Crippen molar-refractivity contribution in [2.45, 2.75) is 19.0 Å². The van der Waals surface area contributed by atoms with E-state index in [0.717, 1.165) is 5.56 Å². The molecule has 7 heteroatoms. The maximum atomic E-state index is 11.4. The minimum atomic E-state index is -0.423. The topological polar surface area (TPSA) is 78.8 Å². The Morgan fingerprint density at radius 1 is 1.50 bits per heavy atom. The summed E-state index contributed by atoms with van der Waals surface area (Å²) in [6.07, 6.45) is 0.413. The number of aromatic hydroxyl groups is 2.